The number of nitrogens with zero attached hydrogens (tertiary/aromatic N) is 3. The molecule has 0 amide bonds. The number of hydrogen-bond acceptors (Lipinski definition) is 6. The first-order valence-electron chi connectivity index (χ1n) is 5.73. The van der Waals surface area contributed by atoms with Gasteiger partial charge in [-0.05, 0) is 24.6 Å². The molecule has 0 saturated heterocycles. The van der Waals surface area contributed by atoms with Crippen molar-refractivity contribution in [3.8, 4) is 0 Å². The SMILES string of the molecule is CNc1ncc([N+](=O)[O-])c(Nc2cc(C)ccc2Cl)n1. The molecule has 2 N–H and O–H groups in total. The van der Waals surface area contributed by atoms with Gasteiger partial charge in [0.15, 0.2) is 0 Å². The van der Waals surface area contributed by atoms with Gasteiger partial charge in [-0.15, -0.1) is 0 Å². The first kappa shape index (κ1) is 14.0. The highest BCUT2D eigenvalue weighted by atomic mass is 35.5. The number of nitrogens with one attached hydrogen (secondary N) is 2. The predicted molar refractivity (Wildman–Crippen MR) is 77.7 cm³/mol. The van der Waals surface area contributed by atoms with Crippen LogP contribution in [-0.2, 0) is 0 Å². The number of anilines is 3. The Balaban J connectivity index is 2.45. The van der Waals surface area contributed by atoms with Crippen LogP contribution in [0.3, 0.4) is 0 Å². The van der Waals surface area contributed by atoms with E-state index in [1.165, 1.54) is 0 Å². The number of aromatic nitrogens is 2. The van der Waals surface area contributed by atoms with Crippen molar-refractivity contribution in [2.75, 3.05) is 17.7 Å². The first-order valence-corrected chi connectivity index (χ1v) is 6.11. The van der Waals surface area contributed by atoms with Crippen LogP contribution in [0.25, 0.3) is 0 Å². The second-order valence-corrected chi connectivity index (χ2v) is 4.45. The van der Waals surface area contributed by atoms with Gasteiger partial charge in [-0.3, -0.25) is 10.1 Å². The predicted octanol–water partition coefficient (Wildman–Crippen LogP) is 3.13. The van der Waals surface area contributed by atoms with E-state index in [4.69, 9.17) is 11.6 Å². The highest BCUT2D eigenvalue weighted by Crippen LogP contribution is 2.30. The van der Waals surface area contributed by atoms with E-state index in [1.54, 1.807) is 19.2 Å². The largest absolute Gasteiger partial charge is 0.357 e. The lowest BCUT2D eigenvalue weighted by molar-refractivity contribution is -0.384. The number of hydrogen-bond donors (Lipinski definition) is 2. The molecular weight excluding hydrogens is 282 g/mol. The summed E-state index contributed by atoms with van der Waals surface area (Å²) in [6.45, 7) is 1.90. The van der Waals surface area contributed by atoms with Gasteiger partial charge >= 0.3 is 5.69 Å². The van der Waals surface area contributed by atoms with Crippen molar-refractivity contribution < 1.29 is 4.92 Å². The van der Waals surface area contributed by atoms with Crippen molar-refractivity contribution in [3.63, 3.8) is 0 Å². The minimum absolute atomic E-state index is 0.0850. The summed E-state index contributed by atoms with van der Waals surface area (Å²) in [4.78, 5) is 18.3. The Labute approximate surface area is 120 Å². The molecule has 20 heavy (non-hydrogen) atoms. The Bertz CT molecular complexity index is 662. The van der Waals surface area contributed by atoms with Crippen LogP contribution in [0.1, 0.15) is 5.56 Å². The summed E-state index contributed by atoms with van der Waals surface area (Å²) < 4.78 is 0. The van der Waals surface area contributed by atoms with Crippen molar-refractivity contribution >= 4 is 34.7 Å². The minimum Gasteiger partial charge on any atom is -0.357 e. The van der Waals surface area contributed by atoms with E-state index in [0.29, 0.717) is 10.7 Å². The highest BCUT2D eigenvalue weighted by molar-refractivity contribution is 6.33. The lowest BCUT2D eigenvalue weighted by Gasteiger charge is -2.09. The third-order valence-electron chi connectivity index (χ3n) is 2.56. The van der Waals surface area contributed by atoms with E-state index in [1.807, 2.05) is 13.0 Å². The molecule has 0 radical (unpaired) electrons. The average Bonchev–Trinajstić information content (AvgIpc) is 2.42. The molecule has 0 fully saturated rings. The fraction of sp³-hybridized carbons (Fsp3) is 0.167. The maximum absolute atomic E-state index is 11.0. The number of aryl methyl sites for hydroxylation is 1. The molecule has 2 rings (SSSR count). The van der Waals surface area contributed by atoms with Gasteiger partial charge in [-0.2, -0.15) is 4.98 Å². The molecular formula is C12H12ClN5O2. The van der Waals surface area contributed by atoms with Gasteiger partial charge in [-0.1, -0.05) is 17.7 Å². The smallest absolute Gasteiger partial charge is 0.329 e. The van der Waals surface area contributed by atoms with Crippen LogP contribution in [0.2, 0.25) is 5.02 Å². The molecule has 0 aliphatic rings. The fourth-order valence-electron chi connectivity index (χ4n) is 1.58. The van der Waals surface area contributed by atoms with Gasteiger partial charge in [0.05, 0.1) is 15.6 Å². The van der Waals surface area contributed by atoms with Crippen LogP contribution in [0.4, 0.5) is 23.1 Å². The lowest BCUT2D eigenvalue weighted by atomic mass is 10.2. The standard InChI is InChI=1S/C12H12ClN5O2/c1-7-3-4-8(13)9(5-7)16-11-10(18(19)20)6-15-12(14-2)17-11/h3-6H,1-2H3,(H2,14,15,16,17). The van der Waals surface area contributed by atoms with E-state index >= 15 is 0 Å². The Hall–Kier alpha value is -2.41. The molecule has 0 aliphatic heterocycles. The summed E-state index contributed by atoms with van der Waals surface area (Å²) in [6, 6.07) is 5.35. The van der Waals surface area contributed by atoms with E-state index < -0.39 is 4.92 Å². The summed E-state index contributed by atoms with van der Waals surface area (Å²) in [6.07, 6.45) is 1.14. The van der Waals surface area contributed by atoms with Crippen molar-refractivity contribution in [2.24, 2.45) is 0 Å². The van der Waals surface area contributed by atoms with Crippen LogP contribution in [0.15, 0.2) is 24.4 Å². The van der Waals surface area contributed by atoms with Gasteiger partial charge in [0, 0.05) is 7.05 Å². The second kappa shape index (κ2) is 5.70. The van der Waals surface area contributed by atoms with Gasteiger partial charge in [0.25, 0.3) is 0 Å². The second-order valence-electron chi connectivity index (χ2n) is 4.04. The summed E-state index contributed by atoms with van der Waals surface area (Å²) in [5.74, 6) is 0.365. The molecule has 0 saturated carbocycles. The fourth-order valence-corrected chi connectivity index (χ4v) is 1.75. The third-order valence-corrected chi connectivity index (χ3v) is 2.89. The lowest BCUT2D eigenvalue weighted by Crippen LogP contribution is -2.04. The molecule has 8 heteroatoms. The zero-order valence-corrected chi connectivity index (χ0v) is 11.6. The maximum atomic E-state index is 11.0. The van der Waals surface area contributed by atoms with Gasteiger partial charge < -0.3 is 10.6 Å². The van der Waals surface area contributed by atoms with Crippen molar-refractivity contribution in [2.45, 2.75) is 6.92 Å². The number of nitro groups is 1. The van der Waals surface area contributed by atoms with Crippen LogP contribution >= 0.6 is 11.6 Å². The number of halogens is 1. The quantitative estimate of drug-likeness (QED) is 0.664. The molecule has 7 nitrogen and oxygen atoms in total. The van der Waals surface area contributed by atoms with Crippen molar-refractivity contribution in [1.82, 2.24) is 9.97 Å². The Morgan fingerprint density at radius 3 is 2.80 bits per heavy atom. The van der Waals surface area contributed by atoms with E-state index in [9.17, 15) is 10.1 Å². The summed E-state index contributed by atoms with van der Waals surface area (Å²) >= 11 is 6.06. The maximum Gasteiger partial charge on any atom is 0.329 e. The van der Waals surface area contributed by atoms with Crippen molar-refractivity contribution in [1.29, 1.82) is 0 Å². The average molecular weight is 294 g/mol. The zero-order chi connectivity index (χ0) is 14.7. The summed E-state index contributed by atoms with van der Waals surface area (Å²) in [7, 11) is 1.63. The van der Waals surface area contributed by atoms with Crippen LogP contribution in [-0.4, -0.2) is 21.9 Å². The topological polar surface area (TPSA) is 93.0 Å². The number of rotatable bonds is 4. The molecule has 0 unspecified atom stereocenters. The normalized spacial score (nSPS) is 10.2. The molecule has 0 bridgehead atoms. The molecule has 1 aromatic carbocycles. The highest BCUT2D eigenvalue weighted by Gasteiger charge is 2.18. The van der Waals surface area contributed by atoms with E-state index in [2.05, 4.69) is 20.6 Å². The van der Waals surface area contributed by atoms with E-state index in [0.717, 1.165) is 11.8 Å². The molecule has 1 aromatic heterocycles. The third kappa shape index (κ3) is 2.94. The molecule has 104 valence electrons. The van der Waals surface area contributed by atoms with Crippen molar-refractivity contribution in [3.05, 3.63) is 45.1 Å². The Morgan fingerprint density at radius 2 is 2.15 bits per heavy atom. The van der Waals surface area contributed by atoms with Crippen LogP contribution < -0.4 is 10.6 Å². The van der Waals surface area contributed by atoms with E-state index in [-0.39, 0.29) is 17.5 Å². The number of benzene rings is 1. The Morgan fingerprint density at radius 1 is 1.40 bits per heavy atom. The van der Waals surface area contributed by atoms with Gasteiger partial charge in [0.2, 0.25) is 11.8 Å². The van der Waals surface area contributed by atoms with Gasteiger partial charge in [0.1, 0.15) is 6.20 Å². The molecule has 0 atom stereocenters. The molecule has 0 aliphatic carbocycles. The first-order chi connectivity index (χ1) is 9.51. The molecule has 0 spiro atoms. The zero-order valence-electron chi connectivity index (χ0n) is 10.8. The summed E-state index contributed by atoms with van der Waals surface area (Å²) in [5.41, 5.74) is 1.31. The van der Waals surface area contributed by atoms with Crippen LogP contribution in [0, 0.1) is 17.0 Å². The van der Waals surface area contributed by atoms with Crippen LogP contribution in [0.5, 0.6) is 0 Å². The monoisotopic (exact) mass is 293 g/mol. The Kier molecular flexibility index (Phi) is 3.99. The molecule has 2 aromatic rings. The van der Waals surface area contributed by atoms with Gasteiger partial charge in [-0.25, -0.2) is 4.98 Å². The minimum atomic E-state index is -0.550. The molecule has 1 heterocycles. The summed E-state index contributed by atoms with van der Waals surface area (Å²) in [5, 5.41) is 17.0.